The average Bonchev–Trinajstić information content (AvgIpc) is 3.28. The second-order valence-electron chi connectivity index (χ2n) is 12.4. The van der Waals surface area contributed by atoms with Crippen LogP contribution in [0.2, 0.25) is 0 Å². The van der Waals surface area contributed by atoms with E-state index in [1.165, 1.54) is 5.56 Å². The third-order valence-electron chi connectivity index (χ3n) is 8.71. The maximum absolute atomic E-state index is 12.9. The van der Waals surface area contributed by atoms with Crippen LogP contribution < -0.4 is 5.32 Å². The standard InChI is InChI=1S/C31H44F2N6O/c1-21(2)38-15-13-37(14-16-38)19-23-5-7-24(8-6-23)27-20-39(25-9-11-31(4,40)12-10-25)29-26(27)18-34-30(36-29)35-22(3)17-28(32)33/h5-8,18,20-22,25,28,40H,9-17,19H2,1-4H3,(H,34,35,36)/t22-,25?,31?/m1/s1. The van der Waals surface area contributed by atoms with Crippen molar-refractivity contribution < 1.29 is 13.9 Å². The van der Waals surface area contributed by atoms with Gasteiger partial charge in [-0.3, -0.25) is 9.80 Å². The molecule has 2 fully saturated rings. The van der Waals surface area contributed by atoms with Crippen molar-refractivity contribution in [1.29, 1.82) is 0 Å². The van der Waals surface area contributed by atoms with E-state index in [0.29, 0.717) is 12.0 Å². The van der Waals surface area contributed by atoms with Crippen LogP contribution in [0.15, 0.2) is 36.7 Å². The Hall–Kier alpha value is -2.62. The first-order valence-electron chi connectivity index (χ1n) is 14.8. The van der Waals surface area contributed by atoms with Gasteiger partial charge in [0.05, 0.1) is 5.60 Å². The lowest BCUT2D eigenvalue weighted by molar-refractivity contribution is 0.0104. The van der Waals surface area contributed by atoms with Gasteiger partial charge in [0, 0.05) is 80.6 Å². The highest BCUT2D eigenvalue weighted by atomic mass is 19.3. The van der Waals surface area contributed by atoms with Gasteiger partial charge >= 0.3 is 0 Å². The molecule has 9 heteroatoms. The van der Waals surface area contributed by atoms with Crippen molar-refractivity contribution in [2.45, 2.75) is 96.5 Å². The van der Waals surface area contributed by atoms with Gasteiger partial charge in [-0.05, 0) is 64.5 Å². The number of rotatable bonds is 9. The quantitative estimate of drug-likeness (QED) is 0.341. The van der Waals surface area contributed by atoms with Crippen molar-refractivity contribution >= 4 is 17.0 Å². The van der Waals surface area contributed by atoms with Crippen LogP contribution in [0.25, 0.3) is 22.2 Å². The topological polar surface area (TPSA) is 69.5 Å². The third-order valence-corrected chi connectivity index (χ3v) is 8.71. The van der Waals surface area contributed by atoms with Gasteiger partial charge in [-0.25, -0.2) is 13.8 Å². The summed E-state index contributed by atoms with van der Waals surface area (Å²) >= 11 is 0. The molecular weight excluding hydrogens is 510 g/mol. The second-order valence-corrected chi connectivity index (χ2v) is 12.4. The number of aromatic nitrogens is 3. The molecule has 1 aliphatic heterocycles. The van der Waals surface area contributed by atoms with Crippen LogP contribution >= 0.6 is 0 Å². The number of alkyl halides is 2. The monoisotopic (exact) mass is 554 g/mol. The van der Waals surface area contributed by atoms with Gasteiger partial charge < -0.3 is 15.0 Å². The largest absolute Gasteiger partial charge is 0.390 e. The summed E-state index contributed by atoms with van der Waals surface area (Å²) < 4.78 is 28.0. The number of piperazine rings is 1. The molecule has 1 aliphatic carbocycles. The van der Waals surface area contributed by atoms with Crippen molar-refractivity contribution in [3.63, 3.8) is 0 Å². The molecule has 7 nitrogen and oxygen atoms in total. The van der Waals surface area contributed by atoms with E-state index in [0.717, 1.165) is 80.6 Å². The number of nitrogens with zero attached hydrogens (tertiary/aromatic N) is 5. The lowest BCUT2D eigenvalue weighted by Gasteiger charge is -2.36. The Morgan fingerprint density at radius 3 is 2.35 bits per heavy atom. The van der Waals surface area contributed by atoms with Gasteiger partial charge in [0.25, 0.3) is 0 Å². The molecule has 0 spiro atoms. The van der Waals surface area contributed by atoms with E-state index in [2.05, 4.69) is 69.0 Å². The number of hydrogen-bond donors (Lipinski definition) is 2. The molecule has 3 heterocycles. The summed E-state index contributed by atoms with van der Waals surface area (Å²) in [4.78, 5) is 14.4. The predicted molar refractivity (Wildman–Crippen MR) is 157 cm³/mol. The predicted octanol–water partition coefficient (Wildman–Crippen LogP) is 5.95. The normalized spacial score (nSPS) is 23.8. The number of hydrogen-bond acceptors (Lipinski definition) is 6. The van der Waals surface area contributed by atoms with Gasteiger partial charge in [0.1, 0.15) is 5.65 Å². The summed E-state index contributed by atoms with van der Waals surface area (Å²) in [6.07, 6.45) is 4.50. The Labute approximate surface area is 236 Å². The molecule has 40 heavy (non-hydrogen) atoms. The Morgan fingerprint density at radius 2 is 1.73 bits per heavy atom. The first-order valence-corrected chi connectivity index (χ1v) is 14.8. The number of anilines is 1. The van der Waals surface area contributed by atoms with E-state index >= 15 is 0 Å². The van der Waals surface area contributed by atoms with Crippen molar-refractivity contribution in [3.05, 3.63) is 42.2 Å². The first-order chi connectivity index (χ1) is 19.1. The van der Waals surface area contributed by atoms with E-state index in [1.54, 1.807) is 6.92 Å². The average molecular weight is 555 g/mol. The molecule has 0 bridgehead atoms. The van der Waals surface area contributed by atoms with E-state index < -0.39 is 18.1 Å². The van der Waals surface area contributed by atoms with Gasteiger partial charge in [0.15, 0.2) is 0 Å². The van der Waals surface area contributed by atoms with Crippen LogP contribution in [0.5, 0.6) is 0 Å². The van der Waals surface area contributed by atoms with Crippen LogP contribution in [0.3, 0.4) is 0 Å². The van der Waals surface area contributed by atoms with E-state index in [1.807, 2.05) is 13.1 Å². The molecule has 0 unspecified atom stereocenters. The minimum absolute atomic E-state index is 0.210. The van der Waals surface area contributed by atoms with Gasteiger partial charge in [-0.15, -0.1) is 0 Å². The third kappa shape index (κ3) is 6.81. The zero-order valence-electron chi connectivity index (χ0n) is 24.3. The number of nitrogens with one attached hydrogen (secondary N) is 1. The highest BCUT2D eigenvalue weighted by Gasteiger charge is 2.31. The van der Waals surface area contributed by atoms with Crippen LogP contribution in [-0.4, -0.2) is 79.7 Å². The maximum atomic E-state index is 12.9. The molecule has 2 aliphatic rings. The zero-order chi connectivity index (χ0) is 28.4. The van der Waals surface area contributed by atoms with Crippen molar-refractivity contribution in [1.82, 2.24) is 24.3 Å². The highest BCUT2D eigenvalue weighted by Crippen LogP contribution is 2.39. The summed E-state index contributed by atoms with van der Waals surface area (Å²) in [6, 6.07) is 9.17. The number of benzene rings is 1. The summed E-state index contributed by atoms with van der Waals surface area (Å²) in [5.74, 6) is 0.363. The van der Waals surface area contributed by atoms with Crippen LogP contribution in [0.4, 0.5) is 14.7 Å². The highest BCUT2D eigenvalue weighted by molar-refractivity contribution is 5.94. The Morgan fingerprint density at radius 1 is 1.05 bits per heavy atom. The van der Waals surface area contributed by atoms with Gasteiger partial charge in [-0.1, -0.05) is 24.3 Å². The Balaban J connectivity index is 1.39. The summed E-state index contributed by atoms with van der Waals surface area (Å²) in [5.41, 5.74) is 3.64. The number of aliphatic hydroxyl groups is 1. The molecule has 1 atom stereocenters. The van der Waals surface area contributed by atoms with E-state index in [4.69, 9.17) is 4.98 Å². The van der Waals surface area contributed by atoms with Gasteiger partial charge in [-0.2, -0.15) is 4.98 Å². The van der Waals surface area contributed by atoms with Crippen molar-refractivity contribution in [3.8, 4) is 11.1 Å². The van der Waals surface area contributed by atoms with Crippen LogP contribution in [0.1, 0.15) is 71.4 Å². The summed E-state index contributed by atoms with van der Waals surface area (Å²) in [5, 5.41) is 14.5. The Bertz CT molecular complexity index is 1260. The summed E-state index contributed by atoms with van der Waals surface area (Å²) in [6.45, 7) is 13.5. The van der Waals surface area contributed by atoms with Crippen LogP contribution in [-0.2, 0) is 6.54 Å². The number of fused-ring (bicyclic) bond motifs is 1. The minimum Gasteiger partial charge on any atom is -0.390 e. The smallest absolute Gasteiger partial charge is 0.240 e. The fraction of sp³-hybridized carbons (Fsp3) is 0.613. The van der Waals surface area contributed by atoms with Crippen molar-refractivity contribution in [2.24, 2.45) is 0 Å². The van der Waals surface area contributed by atoms with Gasteiger partial charge in [0.2, 0.25) is 12.4 Å². The summed E-state index contributed by atoms with van der Waals surface area (Å²) in [7, 11) is 0. The molecule has 2 N–H and O–H groups in total. The SMILES string of the molecule is CC(C)N1CCN(Cc2ccc(-c3cn(C4CCC(C)(O)CC4)c4nc(N[C@H](C)CC(F)F)ncc34)cc2)CC1. The molecule has 0 radical (unpaired) electrons. The fourth-order valence-corrected chi connectivity index (χ4v) is 6.14. The minimum atomic E-state index is -2.38. The van der Waals surface area contributed by atoms with Crippen molar-refractivity contribution in [2.75, 3.05) is 31.5 Å². The molecular formula is C31H44F2N6O. The lowest BCUT2D eigenvalue weighted by Crippen LogP contribution is -2.48. The first kappa shape index (κ1) is 28.9. The maximum Gasteiger partial charge on any atom is 0.240 e. The van der Waals surface area contributed by atoms with E-state index in [-0.39, 0.29) is 12.5 Å². The molecule has 3 aromatic rings. The molecule has 0 amide bonds. The number of halogens is 2. The zero-order valence-corrected chi connectivity index (χ0v) is 24.3. The molecule has 1 saturated heterocycles. The molecule has 5 rings (SSSR count). The second kappa shape index (κ2) is 12.1. The molecule has 1 aromatic carbocycles. The fourth-order valence-electron chi connectivity index (χ4n) is 6.14. The van der Waals surface area contributed by atoms with Crippen LogP contribution in [0, 0.1) is 0 Å². The van der Waals surface area contributed by atoms with E-state index in [9.17, 15) is 13.9 Å². The molecule has 218 valence electrons. The Kier molecular flexibility index (Phi) is 8.73. The lowest BCUT2D eigenvalue weighted by atomic mass is 9.83. The molecule has 1 saturated carbocycles. The molecule has 2 aromatic heterocycles.